The molecule has 168 valence electrons. The largest absolute Gasteiger partial charge is 0.387 e. The summed E-state index contributed by atoms with van der Waals surface area (Å²) in [5.41, 5.74) is 12.8. The van der Waals surface area contributed by atoms with E-state index < -0.39 is 0 Å². The molecule has 0 radical (unpaired) electrons. The molecule has 2 heterocycles. The summed E-state index contributed by atoms with van der Waals surface area (Å²) in [5, 5.41) is 0. The summed E-state index contributed by atoms with van der Waals surface area (Å²) in [7, 11) is 0. The second-order valence-electron chi connectivity index (χ2n) is 8.31. The molecule has 0 spiro atoms. The Hall–Kier alpha value is -3.73. The molecule has 1 aliphatic heterocycles. The average Bonchev–Trinajstić information content (AvgIpc) is 3.01. The summed E-state index contributed by atoms with van der Waals surface area (Å²) < 4.78 is 0. The van der Waals surface area contributed by atoms with Gasteiger partial charge in [-0.2, -0.15) is 0 Å². The molecular formula is C28H30N4O. The van der Waals surface area contributed by atoms with Crippen LogP contribution in [0.15, 0.2) is 77.4 Å². The maximum atomic E-state index is 13.2. The highest BCUT2D eigenvalue weighted by Crippen LogP contribution is 2.32. The molecule has 4 rings (SSSR count). The predicted molar refractivity (Wildman–Crippen MR) is 136 cm³/mol. The quantitative estimate of drug-likeness (QED) is 0.504. The number of carbonyl (C=O) groups is 1. The number of benzene rings is 2. The molecule has 5 heteroatoms. The van der Waals surface area contributed by atoms with E-state index in [-0.39, 0.29) is 5.91 Å². The number of aliphatic imine (C=N–C) groups is 1. The van der Waals surface area contributed by atoms with Crippen molar-refractivity contribution in [2.45, 2.75) is 33.1 Å². The van der Waals surface area contributed by atoms with Gasteiger partial charge >= 0.3 is 0 Å². The summed E-state index contributed by atoms with van der Waals surface area (Å²) in [6.45, 7) is 5.68. The first-order valence-corrected chi connectivity index (χ1v) is 11.6. The van der Waals surface area contributed by atoms with Gasteiger partial charge in [-0.15, -0.1) is 0 Å². The predicted octanol–water partition coefficient (Wildman–Crippen LogP) is 5.84. The van der Waals surface area contributed by atoms with Crippen molar-refractivity contribution in [2.24, 2.45) is 10.7 Å². The first kappa shape index (κ1) is 22.5. The van der Waals surface area contributed by atoms with Gasteiger partial charge in [0.1, 0.15) is 5.84 Å². The number of fused-ring (bicyclic) bond motifs is 1. The van der Waals surface area contributed by atoms with Gasteiger partial charge < -0.3 is 10.6 Å². The lowest BCUT2D eigenvalue weighted by Crippen LogP contribution is -2.34. The minimum absolute atomic E-state index is 0.0545. The van der Waals surface area contributed by atoms with E-state index in [1.807, 2.05) is 41.3 Å². The standard InChI is InChI=1S/C28H30N4O/c1-3-15-32(16-4-2)28(33)24-17-23-13-12-22(18-26(23)31-27(29)19-24)20-8-10-21(11-9-20)25-7-5-6-14-30-25/h5-14,17-18H,3-4,15-16,19H2,1-2H3,(H2,29,31). The van der Waals surface area contributed by atoms with Crippen LogP contribution < -0.4 is 5.73 Å². The van der Waals surface area contributed by atoms with Crippen LogP contribution in [0.25, 0.3) is 28.5 Å². The number of hydrogen-bond donors (Lipinski definition) is 1. The van der Waals surface area contributed by atoms with Crippen molar-refractivity contribution < 1.29 is 4.79 Å². The Labute approximate surface area is 195 Å². The van der Waals surface area contributed by atoms with Crippen molar-refractivity contribution in [1.82, 2.24) is 9.88 Å². The molecule has 1 aliphatic rings. The Kier molecular flexibility index (Phi) is 6.98. The van der Waals surface area contributed by atoms with Crippen LogP contribution in [0, 0.1) is 0 Å². The van der Waals surface area contributed by atoms with Gasteiger partial charge in [-0.3, -0.25) is 9.78 Å². The third-order valence-electron chi connectivity index (χ3n) is 5.72. The van der Waals surface area contributed by atoms with Crippen LogP contribution in [-0.2, 0) is 4.79 Å². The number of carbonyl (C=O) groups excluding carboxylic acids is 1. The van der Waals surface area contributed by atoms with E-state index in [9.17, 15) is 4.79 Å². The van der Waals surface area contributed by atoms with Crippen LogP contribution in [0.1, 0.15) is 38.7 Å². The average molecular weight is 439 g/mol. The van der Waals surface area contributed by atoms with Gasteiger partial charge in [0.25, 0.3) is 0 Å². The van der Waals surface area contributed by atoms with Gasteiger partial charge in [-0.05, 0) is 48.2 Å². The number of nitrogens with zero attached hydrogens (tertiary/aromatic N) is 3. The number of nitrogens with two attached hydrogens (primary N) is 1. The van der Waals surface area contributed by atoms with E-state index in [0.717, 1.165) is 59.6 Å². The molecular weight excluding hydrogens is 408 g/mol. The topological polar surface area (TPSA) is 71.6 Å². The molecule has 0 fully saturated rings. The number of rotatable bonds is 7. The number of pyridine rings is 1. The smallest absolute Gasteiger partial charge is 0.250 e. The van der Waals surface area contributed by atoms with E-state index in [1.54, 1.807) is 6.20 Å². The molecule has 0 saturated heterocycles. The van der Waals surface area contributed by atoms with Gasteiger partial charge in [-0.25, -0.2) is 4.99 Å². The first-order valence-electron chi connectivity index (χ1n) is 11.6. The SMILES string of the molecule is CCCN(CCC)C(=O)C1=Cc2ccc(-c3ccc(-c4ccccn4)cc3)cc2N=C(N)C1. The number of amidine groups is 1. The van der Waals surface area contributed by atoms with Crippen LogP contribution in [0.4, 0.5) is 5.69 Å². The molecule has 2 N–H and O–H groups in total. The summed E-state index contributed by atoms with van der Waals surface area (Å²) >= 11 is 0. The molecule has 0 bridgehead atoms. The van der Waals surface area contributed by atoms with Gasteiger partial charge in [0.15, 0.2) is 0 Å². The van der Waals surface area contributed by atoms with Crippen LogP contribution >= 0.6 is 0 Å². The molecule has 3 aromatic rings. The molecule has 1 amide bonds. The summed E-state index contributed by atoms with van der Waals surface area (Å²) in [5.74, 6) is 0.517. The lowest BCUT2D eigenvalue weighted by molar-refractivity contribution is -0.127. The van der Waals surface area contributed by atoms with E-state index in [2.05, 4.69) is 54.2 Å². The third kappa shape index (κ3) is 5.20. The van der Waals surface area contributed by atoms with Crippen molar-refractivity contribution in [3.63, 3.8) is 0 Å². The van der Waals surface area contributed by atoms with E-state index in [0.29, 0.717) is 17.8 Å². The van der Waals surface area contributed by atoms with Gasteiger partial charge in [0.05, 0.1) is 11.4 Å². The zero-order valence-corrected chi connectivity index (χ0v) is 19.3. The third-order valence-corrected chi connectivity index (χ3v) is 5.72. The number of aromatic nitrogens is 1. The van der Waals surface area contributed by atoms with Crippen molar-refractivity contribution in [3.05, 3.63) is 78.0 Å². The minimum atomic E-state index is 0.0545. The number of amides is 1. The highest BCUT2D eigenvalue weighted by atomic mass is 16.2. The number of hydrogen-bond acceptors (Lipinski definition) is 4. The van der Waals surface area contributed by atoms with E-state index in [4.69, 9.17) is 5.73 Å². The molecule has 0 unspecified atom stereocenters. The normalized spacial score (nSPS) is 12.9. The fourth-order valence-electron chi connectivity index (χ4n) is 4.13. The molecule has 2 aromatic carbocycles. The van der Waals surface area contributed by atoms with Gasteiger partial charge in [0.2, 0.25) is 5.91 Å². The minimum Gasteiger partial charge on any atom is -0.387 e. The first-order chi connectivity index (χ1) is 16.1. The molecule has 33 heavy (non-hydrogen) atoms. The van der Waals surface area contributed by atoms with Crippen LogP contribution in [-0.4, -0.2) is 34.7 Å². The Bertz CT molecular complexity index is 1170. The Balaban J connectivity index is 1.63. The maximum absolute atomic E-state index is 13.2. The van der Waals surface area contributed by atoms with Crippen LogP contribution in [0.5, 0.6) is 0 Å². The summed E-state index contributed by atoms with van der Waals surface area (Å²) in [6, 6.07) is 20.4. The molecule has 0 saturated carbocycles. The maximum Gasteiger partial charge on any atom is 0.250 e. The lowest BCUT2D eigenvalue weighted by Gasteiger charge is -2.22. The van der Waals surface area contributed by atoms with Crippen molar-refractivity contribution in [3.8, 4) is 22.4 Å². The highest BCUT2D eigenvalue weighted by Gasteiger charge is 2.21. The summed E-state index contributed by atoms with van der Waals surface area (Å²) in [6.07, 6.45) is 5.98. The molecule has 5 nitrogen and oxygen atoms in total. The molecule has 0 aliphatic carbocycles. The van der Waals surface area contributed by atoms with Crippen LogP contribution in [0.3, 0.4) is 0 Å². The second kappa shape index (κ2) is 10.3. The van der Waals surface area contributed by atoms with Crippen molar-refractivity contribution >= 4 is 23.5 Å². The van der Waals surface area contributed by atoms with Crippen LogP contribution in [0.2, 0.25) is 0 Å². The second-order valence-corrected chi connectivity index (χ2v) is 8.31. The van der Waals surface area contributed by atoms with Crippen molar-refractivity contribution in [2.75, 3.05) is 13.1 Å². The highest BCUT2D eigenvalue weighted by molar-refractivity contribution is 6.05. The zero-order chi connectivity index (χ0) is 23.2. The Morgan fingerprint density at radius 3 is 2.30 bits per heavy atom. The van der Waals surface area contributed by atoms with E-state index in [1.165, 1.54) is 0 Å². The fourth-order valence-corrected chi connectivity index (χ4v) is 4.13. The van der Waals surface area contributed by atoms with Gasteiger partial charge in [0, 0.05) is 42.4 Å². The Morgan fingerprint density at radius 2 is 1.64 bits per heavy atom. The van der Waals surface area contributed by atoms with Crippen molar-refractivity contribution in [1.29, 1.82) is 0 Å². The van der Waals surface area contributed by atoms with Gasteiger partial charge in [-0.1, -0.05) is 56.3 Å². The van der Waals surface area contributed by atoms with E-state index >= 15 is 0 Å². The lowest BCUT2D eigenvalue weighted by atomic mass is 9.99. The molecule has 0 atom stereocenters. The monoisotopic (exact) mass is 438 g/mol. The Morgan fingerprint density at radius 1 is 0.939 bits per heavy atom. The zero-order valence-electron chi connectivity index (χ0n) is 19.3. The molecule has 1 aromatic heterocycles. The summed E-state index contributed by atoms with van der Waals surface area (Å²) in [4.78, 5) is 24.1. The fraction of sp³-hybridized carbons (Fsp3) is 0.250.